The van der Waals surface area contributed by atoms with E-state index in [9.17, 15) is 9.59 Å². The van der Waals surface area contributed by atoms with Crippen LogP contribution in [0.25, 0.3) is 0 Å². The Hall–Kier alpha value is -1.57. The Morgan fingerprint density at radius 2 is 2.00 bits per heavy atom. The number of carbonyl (C=O) groups is 2. The van der Waals surface area contributed by atoms with Crippen LogP contribution in [0.2, 0.25) is 10.0 Å². The van der Waals surface area contributed by atoms with Crippen molar-refractivity contribution in [3.8, 4) is 0 Å². The fourth-order valence-electron chi connectivity index (χ4n) is 1.70. The number of nitrogens with two attached hydrogens (primary N) is 1. The largest absolute Gasteiger partial charge is 0.357 e. The maximum absolute atomic E-state index is 11.8. The number of hydrazine groups is 1. The lowest BCUT2D eigenvalue weighted by Crippen LogP contribution is -2.32. The molecule has 7 nitrogen and oxygen atoms in total. The zero-order valence-electron chi connectivity index (χ0n) is 9.91. The van der Waals surface area contributed by atoms with Gasteiger partial charge in [-0.05, 0) is 6.07 Å². The van der Waals surface area contributed by atoms with Gasteiger partial charge in [-0.3, -0.25) is 14.5 Å². The molecule has 2 rings (SSSR count). The standard InChI is InChI=1S/C10H11Cl2N5O2/c1-17-7(18)3-6(10(17)19)14-8-4(11)2-5(12)9(15-8)16-13/h2,6H,3,13H2,1H3,(H2,14,15,16). The molecule has 0 aliphatic carbocycles. The van der Waals surface area contributed by atoms with Crippen LogP contribution in [0.15, 0.2) is 6.07 Å². The van der Waals surface area contributed by atoms with Crippen LogP contribution in [-0.4, -0.2) is 34.8 Å². The van der Waals surface area contributed by atoms with Gasteiger partial charge in [0.25, 0.3) is 5.91 Å². The SMILES string of the molecule is CN1C(=O)CC(Nc2nc(NN)c(Cl)cc2Cl)C1=O. The molecule has 0 aromatic carbocycles. The lowest BCUT2D eigenvalue weighted by Gasteiger charge is -2.14. The number of anilines is 2. The number of hydrogen-bond acceptors (Lipinski definition) is 6. The summed E-state index contributed by atoms with van der Waals surface area (Å²) in [6.07, 6.45) is 0.0569. The van der Waals surface area contributed by atoms with Gasteiger partial charge in [0.2, 0.25) is 5.91 Å². The molecular weight excluding hydrogens is 293 g/mol. The highest BCUT2D eigenvalue weighted by molar-refractivity contribution is 6.37. The van der Waals surface area contributed by atoms with E-state index < -0.39 is 6.04 Å². The number of amides is 2. The van der Waals surface area contributed by atoms with Crippen molar-refractivity contribution in [3.05, 3.63) is 16.1 Å². The van der Waals surface area contributed by atoms with Crippen LogP contribution in [0.5, 0.6) is 0 Å². The van der Waals surface area contributed by atoms with Gasteiger partial charge in [0.05, 0.1) is 16.5 Å². The van der Waals surface area contributed by atoms with Crippen molar-refractivity contribution in [3.63, 3.8) is 0 Å². The summed E-state index contributed by atoms with van der Waals surface area (Å²) in [6.45, 7) is 0. The third kappa shape index (κ3) is 2.58. The number of pyridine rings is 1. The van der Waals surface area contributed by atoms with E-state index in [1.807, 2.05) is 0 Å². The van der Waals surface area contributed by atoms with Crippen LogP contribution in [0, 0.1) is 0 Å². The van der Waals surface area contributed by atoms with Crippen LogP contribution < -0.4 is 16.6 Å². The Kier molecular flexibility index (Phi) is 3.79. The van der Waals surface area contributed by atoms with Crippen molar-refractivity contribution in [2.75, 3.05) is 17.8 Å². The number of nitrogens with zero attached hydrogens (tertiary/aromatic N) is 2. The van der Waals surface area contributed by atoms with Gasteiger partial charge in [-0.15, -0.1) is 0 Å². The number of aromatic nitrogens is 1. The summed E-state index contributed by atoms with van der Waals surface area (Å²) >= 11 is 11.8. The average molecular weight is 304 g/mol. The maximum atomic E-state index is 11.8. The molecule has 19 heavy (non-hydrogen) atoms. The van der Waals surface area contributed by atoms with E-state index >= 15 is 0 Å². The number of rotatable bonds is 3. The van der Waals surface area contributed by atoms with Gasteiger partial charge >= 0.3 is 0 Å². The van der Waals surface area contributed by atoms with Crippen molar-refractivity contribution < 1.29 is 9.59 Å². The highest BCUT2D eigenvalue weighted by Crippen LogP contribution is 2.30. The van der Waals surface area contributed by atoms with E-state index in [1.165, 1.54) is 13.1 Å². The van der Waals surface area contributed by atoms with E-state index in [4.69, 9.17) is 29.0 Å². The van der Waals surface area contributed by atoms with E-state index in [0.29, 0.717) is 0 Å². The molecule has 1 aromatic rings. The zero-order chi connectivity index (χ0) is 14.2. The Balaban J connectivity index is 2.25. The number of halogens is 2. The second kappa shape index (κ2) is 5.20. The van der Waals surface area contributed by atoms with Gasteiger partial charge in [-0.1, -0.05) is 23.2 Å². The van der Waals surface area contributed by atoms with Gasteiger partial charge in [-0.25, -0.2) is 10.8 Å². The van der Waals surface area contributed by atoms with Gasteiger partial charge in [0.1, 0.15) is 11.9 Å². The molecule has 1 unspecified atom stereocenters. The molecule has 2 amide bonds. The highest BCUT2D eigenvalue weighted by atomic mass is 35.5. The Bertz CT molecular complexity index is 551. The van der Waals surface area contributed by atoms with Crippen molar-refractivity contribution >= 4 is 46.7 Å². The number of imide groups is 1. The number of hydrogen-bond donors (Lipinski definition) is 3. The highest BCUT2D eigenvalue weighted by Gasteiger charge is 2.36. The van der Waals surface area contributed by atoms with Crippen LogP contribution in [0.3, 0.4) is 0 Å². The van der Waals surface area contributed by atoms with Crippen molar-refractivity contribution in [1.82, 2.24) is 9.88 Å². The van der Waals surface area contributed by atoms with Crippen molar-refractivity contribution in [2.45, 2.75) is 12.5 Å². The Morgan fingerprint density at radius 3 is 2.53 bits per heavy atom. The second-order valence-electron chi connectivity index (χ2n) is 3.99. The molecular formula is C10H11Cl2N5O2. The molecule has 0 radical (unpaired) electrons. The summed E-state index contributed by atoms with van der Waals surface area (Å²) in [5, 5.41) is 3.30. The minimum atomic E-state index is -0.686. The lowest BCUT2D eigenvalue weighted by atomic mass is 10.2. The van der Waals surface area contributed by atoms with Gasteiger partial charge in [-0.2, -0.15) is 0 Å². The monoisotopic (exact) mass is 303 g/mol. The summed E-state index contributed by atoms with van der Waals surface area (Å²) < 4.78 is 0. The summed E-state index contributed by atoms with van der Waals surface area (Å²) in [5.41, 5.74) is 2.31. The van der Waals surface area contributed by atoms with E-state index in [-0.39, 0.29) is 39.9 Å². The third-order valence-corrected chi connectivity index (χ3v) is 3.33. The fraction of sp³-hybridized carbons (Fsp3) is 0.300. The predicted octanol–water partition coefficient (Wildman–Crippen LogP) is 0.843. The molecule has 1 aromatic heterocycles. The molecule has 1 saturated heterocycles. The number of carbonyl (C=O) groups excluding carboxylic acids is 2. The first-order valence-corrected chi connectivity index (χ1v) is 6.09. The van der Waals surface area contributed by atoms with Crippen LogP contribution in [-0.2, 0) is 9.59 Å². The Labute approximate surface area is 119 Å². The summed E-state index contributed by atoms with van der Waals surface area (Å²) in [7, 11) is 1.43. The van der Waals surface area contributed by atoms with Gasteiger partial charge < -0.3 is 10.7 Å². The first-order valence-electron chi connectivity index (χ1n) is 5.33. The number of nitrogen functional groups attached to an aromatic ring is 1. The smallest absolute Gasteiger partial charge is 0.251 e. The number of likely N-dealkylation sites (N-methyl/N-ethyl adjacent to an activating group) is 1. The van der Waals surface area contributed by atoms with Crippen LogP contribution >= 0.6 is 23.2 Å². The molecule has 9 heteroatoms. The Morgan fingerprint density at radius 1 is 1.37 bits per heavy atom. The van der Waals surface area contributed by atoms with E-state index in [2.05, 4.69) is 15.7 Å². The number of nitrogens with one attached hydrogen (secondary N) is 2. The molecule has 2 heterocycles. The van der Waals surface area contributed by atoms with Gasteiger partial charge in [0.15, 0.2) is 5.82 Å². The topological polar surface area (TPSA) is 100 Å². The quantitative estimate of drug-likeness (QED) is 0.435. The first kappa shape index (κ1) is 13.9. The minimum Gasteiger partial charge on any atom is -0.357 e. The molecule has 1 aliphatic rings. The molecule has 0 spiro atoms. The predicted molar refractivity (Wildman–Crippen MR) is 71.9 cm³/mol. The molecule has 0 bridgehead atoms. The summed E-state index contributed by atoms with van der Waals surface area (Å²) in [4.78, 5) is 28.3. The van der Waals surface area contributed by atoms with Crippen molar-refractivity contribution in [1.29, 1.82) is 0 Å². The van der Waals surface area contributed by atoms with E-state index in [1.54, 1.807) is 0 Å². The molecule has 1 aliphatic heterocycles. The minimum absolute atomic E-state index is 0.0569. The summed E-state index contributed by atoms with van der Waals surface area (Å²) in [6, 6.07) is 0.757. The van der Waals surface area contributed by atoms with Crippen molar-refractivity contribution in [2.24, 2.45) is 5.84 Å². The third-order valence-electron chi connectivity index (χ3n) is 2.76. The van der Waals surface area contributed by atoms with Crippen LogP contribution in [0.4, 0.5) is 11.6 Å². The molecule has 0 saturated carbocycles. The summed E-state index contributed by atoms with van der Waals surface area (Å²) in [5.74, 6) is 5.12. The van der Waals surface area contributed by atoms with Crippen LogP contribution in [0.1, 0.15) is 6.42 Å². The molecule has 1 fully saturated rings. The fourth-order valence-corrected chi connectivity index (χ4v) is 2.17. The molecule has 1 atom stereocenters. The normalized spacial score (nSPS) is 18.9. The maximum Gasteiger partial charge on any atom is 0.251 e. The zero-order valence-corrected chi connectivity index (χ0v) is 11.4. The molecule has 4 N–H and O–H groups in total. The number of likely N-dealkylation sites (tertiary alicyclic amines) is 1. The van der Waals surface area contributed by atoms with E-state index in [0.717, 1.165) is 4.90 Å². The second-order valence-corrected chi connectivity index (χ2v) is 4.80. The first-order chi connectivity index (χ1) is 8.93. The lowest BCUT2D eigenvalue weighted by molar-refractivity contribution is -0.136. The van der Waals surface area contributed by atoms with Gasteiger partial charge in [0, 0.05) is 7.05 Å². The molecule has 102 valence electrons. The average Bonchev–Trinajstić information content (AvgIpc) is 2.60.